The molecule has 0 saturated carbocycles. The molecule has 1 aliphatic heterocycles. The second-order valence-corrected chi connectivity index (χ2v) is 8.14. The van der Waals surface area contributed by atoms with Crippen molar-refractivity contribution >= 4 is 23.3 Å². The van der Waals surface area contributed by atoms with Gasteiger partial charge in [-0.2, -0.15) is 0 Å². The zero-order valence-electron chi connectivity index (χ0n) is 17.5. The summed E-state index contributed by atoms with van der Waals surface area (Å²) in [5, 5.41) is 0. The van der Waals surface area contributed by atoms with Gasteiger partial charge in [-0.15, -0.1) is 0 Å². The van der Waals surface area contributed by atoms with Crippen molar-refractivity contribution < 1.29 is 9.59 Å². The fraction of sp³-hybridized carbons (Fsp3) is 0.250. The summed E-state index contributed by atoms with van der Waals surface area (Å²) in [6.45, 7) is 4.02. The standard InChI is InChI=1S/C24H23N5O2/c1-14-9-22(26-15(2)25-14)27-28-24(31)18-12-23(30)29(13-18)19-7-8-21-17(11-19)10-16-5-3-4-6-20(16)21/h3-9,11,18H,10,12-13H2,1-2H3,(H,28,31)(H,25,26,27). The second kappa shape index (κ2) is 7.50. The first kappa shape index (κ1) is 19.2. The molecule has 1 aromatic heterocycles. The second-order valence-electron chi connectivity index (χ2n) is 8.14. The van der Waals surface area contributed by atoms with Gasteiger partial charge in [-0.25, -0.2) is 9.97 Å². The Balaban J connectivity index is 1.27. The minimum Gasteiger partial charge on any atom is -0.312 e. The van der Waals surface area contributed by atoms with E-state index in [-0.39, 0.29) is 18.2 Å². The Bertz CT molecular complexity index is 1190. The maximum Gasteiger partial charge on any atom is 0.243 e. The monoisotopic (exact) mass is 413 g/mol. The van der Waals surface area contributed by atoms with E-state index in [0.29, 0.717) is 18.2 Å². The molecule has 0 spiro atoms. The summed E-state index contributed by atoms with van der Waals surface area (Å²) in [6.07, 6.45) is 1.06. The minimum absolute atomic E-state index is 0.0377. The Morgan fingerprint density at radius 3 is 2.68 bits per heavy atom. The summed E-state index contributed by atoms with van der Waals surface area (Å²) in [5.74, 6) is 0.465. The molecule has 7 nitrogen and oxygen atoms in total. The number of benzene rings is 2. The topological polar surface area (TPSA) is 87.2 Å². The van der Waals surface area contributed by atoms with Crippen molar-refractivity contribution in [1.29, 1.82) is 0 Å². The first-order valence-corrected chi connectivity index (χ1v) is 10.4. The number of carbonyl (C=O) groups excluding carboxylic acids is 2. The number of carbonyl (C=O) groups is 2. The van der Waals surface area contributed by atoms with Crippen molar-refractivity contribution in [3.8, 4) is 11.1 Å². The Hall–Kier alpha value is -3.74. The number of nitrogens with zero attached hydrogens (tertiary/aromatic N) is 3. The minimum atomic E-state index is -0.422. The van der Waals surface area contributed by atoms with Gasteiger partial charge in [-0.1, -0.05) is 30.3 Å². The van der Waals surface area contributed by atoms with E-state index in [0.717, 1.165) is 17.8 Å². The van der Waals surface area contributed by atoms with Crippen LogP contribution in [0.25, 0.3) is 11.1 Å². The predicted octanol–water partition coefficient (Wildman–Crippen LogP) is 3.16. The number of hydrazine groups is 1. The van der Waals surface area contributed by atoms with Crippen LogP contribution in [0.3, 0.4) is 0 Å². The number of nitrogens with one attached hydrogen (secondary N) is 2. The molecular weight excluding hydrogens is 390 g/mol. The van der Waals surface area contributed by atoms with Crippen LogP contribution in [-0.4, -0.2) is 28.3 Å². The molecule has 1 fully saturated rings. The molecule has 1 unspecified atom stereocenters. The quantitative estimate of drug-likeness (QED) is 0.502. The third kappa shape index (κ3) is 3.63. The molecule has 0 bridgehead atoms. The molecule has 2 aliphatic rings. The highest BCUT2D eigenvalue weighted by atomic mass is 16.2. The van der Waals surface area contributed by atoms with E-state index >= 15 is 0 Å². The van der Waals surface area contributed by atoms with E-state index in [2.05, 4.69) is 51.2 Å². The molecule has 3 aromatic rings. The van der Waals surface area contributed by atoms with Crippen molar-refractivity contribution in [2.24, 2.45) is 5.92 Å². The van der Waals surface area contributed by atoms with Gasteiger partial charge in [0.05, 0.1) is 5.92 Å². The zero-order valence-corrected chi connectivity index (χ0v) is 17.5. The lowest BCUT2D eigenvalue weighted by atomic mass is 10.1. The van der Waals surface area contributed by atoms with Crippen molar-refractivity contribution in [2.45, 2.75) is 26.7 Å². The lowest BCUT2D eigenvalue weighted by molar-refractivity contribution is -0.125. The first-order chi connectivity index (χ1) is 15.0. The highest BCUT2D eigenvalue weighted by Gasteiger charge is 2.35. The Morgan fingerprint density at radius 2 is 1.84 bits per heavy atom. The van der Waals surface area contributed by atoms with Gasteiger partial charge in [0.1, 0.15) is 11.6 Å². The first-order valence-electron chi connectivity index (χ1n) is 10.4. The van der Waals surface area contributed by atoms with Gasteiger partial charge < -0.3 is 4.90 Å². The van der Waals surface area contributed by atoms with Gasteiger partial charge in [0, 0.05) is 30.4 Å². The molecule has 0 radical (unpaired) electrons. The number of hydrogen-bond donors (Lipinski definition) is 2. The van der Waals surface area contributed by atoms with Crippen LogP contribution in [0.4, 0.5) is 11.5 Å². The lowest BCUT2D eigenvalue weighted by Crippen LogP contribution is -2.36. The van der Waals surface area contributed by atoms with E-state index < -0.39 is 5.92 Å². The summed E-state index contributed by atoms with van der Waals surface area (Å²) >= 11 is 0. The van der Waals surface area contributed by atoms with Crippen molar-refractivity contribution in [3.05, 3.63) is 71.2 Å². The van der Waals surface area contributed by atoms with E-state index in [1.807, 2.05) is 19.1 Å². The van der Waals surface area contributed by atoms with Gasteiger partial charge in [0.2, 0.25) is 11.8 Å². The number of aryl methyl sites for hydroxylation is 2. The SMILES string of the molecule is Cc1cc(NNC(=O)C2CC(=O)N(c3ccc4c(c3)Cc3ccccc3-4)C2)nc(C)n1. The average molecular weight is 413 g/mol. The van der Waals surface area contributed by atoms with Crippen molar-refractivity contribution in [1.82, 2.24) is 15.4 Å². The number of fused-ring (bicyclic) bond motifs is 3. The van der Waals surface area contributed by atoms with Gasteiger partial charge in [-0.3, -0.25) is 20.4 Å². The molecule has 1 saturated heterocycles. The van der Waals surface area contributed by atoms with Crippen LogP contribution in [0.2, 0.25) is 0 Å². The smallest absolute Gasteiger partial charge is 0.243 e. The van der Waals surface area contributed by atoms with Crippen LogP contribution in [0, 0.1) is 19.8 Å². The summed E-state index contributed by atoms with van der Waals surface area (Å²) in [4.78, 5) is 35.5. The summed E-state index contributed by atoms with van der Waals surface area (Å²) in [6, 6.07) is 16.3. The molecular formula is C24H23N5O2. The zero-order chi connectivity index (χ0) is 21.5. The molecule has 2 amide bonds. The highest BCUT2D eigenvalue weighted by molar-refractivity contribution is 6.01. The van der Waals surface area contributed by atoms with Crippen LogP contribution < -0.4 is 15.8 Å². The van der Waals surface area contributed by atoms with Crippen molar-refractivity contribution in [3.63, 3.8) is 0 Å². The molecule has 156 valence electrons. The van der Waals surface area contributed by atoms with Crippen LogP contribution >= 0.6 is 0 Å². The van der Waals surface area contributed by atoms with Gasteiger partial charge in [-0.05, 0) is 54.7 Å². The Labute approximate surface area is 180 Å². The van der Waals surface area contributed by atoms with E-state index in [1.54, 1.807) is 17.9 Å². The normalized spacial score (nSPS) is 16.8. The van der Waals surface area contributed by atoms with E-state index in [1.165, 1.54) is 22.3 Å². The largest absolute Gasteiger partial charge is 0.312 e. The molecule has 1 aliphatic carbocycles. The van der Waals surface area contributed by atoms with Crippen LogP contribution in [-0.2, 0) is 16.0 Å². The van der Waals surface area contributed by atoms with Crippen LogP contribution in [0.15, 0.2) is 48.5 Å². The molecule has 7 heteroatoms. The Morgan fingerprint density at radius 1 is 1.03 bits per heavy atom. The molecule has 2 aromatic carbocycles. The number of anilines is 2. The number of hydrogen-bond acceptors (Lipinski definition) is 5. The highest BCUT2D eigenvalue weighted by Crippen LogP contribution is 2.39. The number of aromatic nitrogens is 2. The van der Waals surface area contributed by atoms with Gasteiger partial charge >= 0.3 is 0 Å². The fourth-order valence-corrected chi connectivity index (χ4v) is 4.44. The maximum absolute atomic E-state index is 12.7. The molecule has 1 atom stereocenters. The average Bonchev–Trinajstić information content (AvgIpc) is 3.31. The summed E-state index contributed by atoms with van der Waals surface area (Å²) in [5.41, 5.74) is 12.2. The lowest BCUT2D eigenvalue weighted by Gasteiger charge is -2.18. The Kier molecular flexibility index (Phi) is 4.66. The van der Waals surface area contributed by atoms with Gasteiger partial charge in [0.25, 0.3) is 0 Å². The van der Waals surface area contributed by atoms with Crippen LogP contribution in [0.1, 0.15) is 29.1 Å². The molecule has 5 rings (SSSR count). The van der Waals surface area contributed by atoms with Gasteiger partial charge in [0.15, 0.2) is 0 Å². The summed E-state index contributed by atoms with van der Waals surface area (Å²) < 4.78 is 0. The number of amides is 2. The van der Waals surface area contributed by atoms with Crippen LogP contribution in [0.5, 0.6) is 0 Å². The maximum atomic E-state index is 12.7. The number of rotatable bonds is 4. The van der Waals surface area contributed by atoms with E-state index in [9.17, 15) is 9.59 Å². The van der Waals surface area contributed by atoms with E-state index in [4.69, 9.17) is 0 Å². The third-order valence-corrected chi connectivity index (χ3v) is 5.86. The third-order valence-electron chi connectivity index (χ3n) is 5.86. The van der Waals surface area contributed by atoms with Crippen molar-refractivity contribution in [2.75, 3.05) is 16.9 Å². The molecule has 2 heterocycles. The fourth-order valence-electron chi connectivity index (χ4n) is 4.44. The predicted molar refractivity (Wildman–Crippen MR) is 118 cm³/mol. The molecule has 31 heavy (non-hydrogen) atoms. The summed E-state index contributed by atoms with van der Waals surface area (Å²) in [7, 11) is 0. The molecule has 2 N–H and O–H groups in total.